The quantitative estimate of drug-likeness (QED) is 0.558. The predicted molar refractivity (Wildman–Crippen MR) is 108 cm³/mol. The van der Waals surface area contributed by atoms with Gasteiger partial charge in [0.25, 0.3) is 0 Å². The number of hydrogen-bond donors (Lipinski definition) is 4. The molecule has 10 heteroatoms. The first-order valence-electron chi connectivity index (χ1n) is 9.44. The minimum absolute atomic E-state index is 0.123. The Labute approximate surface area is 181 Å². The number of halogens is 4. The van der Waals surface area contributed by atoms with Gasteiger partial charge < -0.3 is 15.7 Å². The van der Waals surface area contributed by atoms with Crippen LogP contribution in [-0.4, -0.2) is 29.6 Å². The third-order valence-electron chi connectivity index (χ3n) is 5.12. The lowest BCUT2D eigenvalue weighted by Gasteiger charge is -2.35. The number of alkyl halides is 3. The SMILES string of the molecule is C[C@](CO)(NC(=O)C1CC(=O)NC(c2ccccc2)N1)c1ccc(C(F)(F)F)cc1Cl. The van der Waals surface area contributed by atoms with Crippen molar-refractivity contribution in [3.63, 3.8) is 0 Å². The lowest BCUT2D eigenvalue weighted by Crippen LogP contribution is -2.59. The van der Waals surface area contributed by atoms with Crippen molar-refractivity contribution < 1.29 is 27.9 Å². The molecule has 0 aliphatic carbocycles. The molecule has 3 atom stereocenters. The molecule has 2 amide bonds. The van der Waals surface area contributed by atoms with Gasteiger partial charge in [0.05, 0.1) is 30.2 Å². The normalized spacial score (nSPS) is 21.2. The summed E-state index contributed by atoms with van der Waals surface area (Å²) in [4.78, 5) is 25.1. The van der Waals surface area contributed by atoms with Gasteiger partial charge in [-0.1, -0.05) is 48.0 Å². The zero-order valence-corrected chi connectivity index (χ0v) is 17.2. The smallest absolute Gasteiger partial charge is 0.394 e. The van der Waals surface area contributed by atoms with Crippen LogP contribution in [0.4, 0.5) is 13.2 Å². The maximum absolute atomic E-state index is 12.9. The summed E-state index contributed by atoms with van der Waals surface area (Å²) in [5.74, 6) is -0.936. The molecule has 166 valence electrons. The van der Waals surface area contributed by atoms with E-state index in [2.05, 4.69) is 16.0 Å². The van der Waals surface area contributed by atoms with Crippen molar-refractivity contribution in [3.8, 4) is 0 Å². The van der Waals surface area contributed by atoms with Crippen LogP contribution >= 0.6 is 11.6 Å². The van der Waals surface area contributed by atoms with Crippen molar-refractivity contribution in [1.29, 1.82) is 0 Å². The molecule has 2 aromatic carbocycles. The van der Waals surface area contributed by atoms with Gasteiger partial charge in [0, 0.05) is 5.02 Å². The maximum Gasteiger partial charge on any atom is 0.416 e. The second-order valence-electron chi connectivity index (χ2n) is 7.51. The molecule has 1 heterocycles. The third kappa shape index (κ3) is 5.17. The fourth-order valence-electron chi connectivity index (χ4n) is 3.39. The molecule has 1 aliphatic rings. The second kappa shape index (κ2) is 8.86. The van der Waals surface area contributed by atoms with E-state index in [1.807, 2.05) is 6.07 Å². The van der Waals surface area contributed by atoms with Gasteiger partial charge in [-0.05, 0) is 30.2 Å². The number of carbonyl (C=O) groups excluding carboxylic acids is 2. The first-order chi connectivity index (χ1) is 14.5. The van der Waals surface area contributed by atoms with E-state index >= 15 is 0 Å². The van der Waals surface area contributed by atoms with Crippen LogP contribution in [-0.2, 0) is 21.3 Å². The minimum Gasteiger partial charge on any atom is -0.394 e. The second-order valence-corrected chi connectivity index (χ2v) is 7.91. The molecule has 0 bridgehead atoms. The Balaban J connectivity index is 1.80. The molecule has 1 aliphatic heterocycles. The van der Waals surface area contributed by atoms with Crippen LogP contribution in [0, 0.1) is 0 Å². The van der Waals surface area contributed by atoms with E-state index in [0.717, 1.165) is 23.8 Å². The van der Waals surface area contributed by atoms with Crippen LogP contribution in [0.1, 0.15) is 36.2 Å². The standard InChI is InChI=1S/C21H21ClF3N3O3/c1-20(11-29,14-8-7-13(9-15(14)22)21(23,24)25)28-19(31)16-10-17(30)27-18(26-16)12-5-3-2-4-6-12/h2-9,16,18,26,29H,10-11H2,1H3,(H,27,30)(H,28,31)/t16?,18?,20-/m1/s1. The highest BCUT2D eigenvalue weighted by Gasteiger charge is 2.38. The maximum atomic E-state index is 12.9. The van der Waals surface area contributed by atoms with Crippen molar-refractivity contribution in [2.24, 2.45) is 0 Å². The Morgan fingerprint density at radius 2 is 1.90 bits per heavy atom. The van der Waals surface area contributed by atoms with Crippen molar-refractivity contribution >= 4 is 23.4 Å². The van der Waals surface area contributed by atoms with Crippen LogP contribution in [0.2, 0.25) is 5.02 Å². The average Bonchev–Trinajstić information content (AvgIpc) is 2.73. The highest BCUT2D eigenvalue weighted by atomic mass is 35.5. The topological polar surface area (TPSA) is 90.5 Å². The van der Waals surface area contributed by atoms with E-state index in [1.54, 1.807) is 24.3 Å². The summed E-state index contributed by atoms with van der Waals surface area (Å²) < 4.78 is 38.8. The Bertz CT molecular complexity index is 971. The molecule has 6 nitrogen and oxygen atoms in total. The number of amides is 2. The molecule has 1 saturated heterocycles. The molecule has 0 spiro atoms. The lowest BCUT2D eigenvalue weighted by atomic mass is 9.91. The number of aliphatic hydroxyl groups is 1. The van der Waals surface area contributed by atoms with Gasteiger partial charge in [-0.3, -0.25) is 14.9 Å². The van der Waals surface area contributed by atoms with Crippen molar-refractivity contribution in [3.05, 3.63) is 70.2 Å². The van der Waals surface area contributed by atoms with Crippen molar-refractivity contribution in [1.82, 2.24) is 16.0 Å². The van der Waals surface area contributed by atoms with Gasteiger partial charge in [0.1, 0.15) is 6.17 Å². The van der Waals surface area contributed by atoms with Gasteiger partial charge >= 0.3 is 6.18 Å². The first-order valence-corrected chi connectivity index (χ1v) is 9.82. The van der Waals surface area contributed by atoms with Gasteiger partial charge in [0.2, 0.25) is 11.8 Å². The van der Waals surface area contributed by atoms with Gasteiger partial charge in [0.15, 0.2) is 0 Å². The molecule has 0 aromatic heterocycles. The van der Waals surface area contributed by atoms with Crippen LogP contribution < -0.4 is 16.0 Å². The summed E-state index contributed by atoms with van der Waals surface area (Å²) in [6, 6.07) is 10.8. The number of nitrogens with one attached hydrogen (secondary N) is 3. The molecule has 2 unspecified atom stereocenters. The fourth-order valence-corrected chi connectivity index (χ4v) is 3.78. The zero-order valence-electron chi connectivity index (χ0n) is 16.5. The number of rotatable bonds is 5. The van der Waals surface area contributed by atoms with Gasteiger partial charge in [-0.2, -0.15) is 13.2 Å². The number of hydrogen-bond acceptors (Lipinski definition) is 4. The van der Waals surface area contributed by atoms with E-state index in [-0.39, 0.29) is 22.9 Å². The van der Waals surface area contributed by atoms with Crippen molar-refractivity contribution in [2.45, 2.75) is 37.3 Å². The summed E-state index contributed by atoms with van der Waals surface area (Å²) in [7, 11) is 0. The van der Waals surface area contributed by atoms with Gasteiger partial charge in [-0.15, -0.1) is 0 Å². The Kier molecular flexibility index (Phi) is 6.59. The number of carbonyl (C=O) groups is 2. The number of benzene rings is 2. The molecular formula is C21H21ClF3N3O3. The molecule has 2 aromatic rings. The minimum atomic E-state index is -4.58. The monoisotopic (exact) mass is 455 g/mol. The predicted octanol–water partition coefficient (Wildman–Crippen LogP) is 2.86. The van der Waals surface area contributed by atoms with E-state index in [9.17, 15) is 27.9 Å². The summed E-state index contributed by atoms with van der Waals surface area (Å²) in [5.41, 5.74) is -1.53. The van der Waals surface area contributed by atoms with Gasteiger partial charge in [-0.25, -0.2) is 0 Å². The Morgan fingerprint density at radius 3 is 2.48 bits per heavy atom. The van der Waals surface area contributed by atoms with E-state index < -0.39 is 42.0 Å². The average molecular weight is 456 g/mol. The third-order valence-corrected chi connectivity index (χ3v) is 5.43. The van der Waals surface area contributed by atoms with E-state index in [4.69, 9.17) is 11.6 Å². The molecule has 1 fully saturated rings. The highest BCUT2D eigenvalue weighted by molar-refractivity contribution is 6.31. The largest absolute Gasteiger partial charge is 0.416 e. The molecule has 0 saturated carbocycles. The summed E-state index contributed by atoms with van der Waals surface area (Å²) in [6.07, 6.45) is -5.31. The molecule has 3 rings (SSSR count). The lowest BCUT2D eigenvalue weighted by molar-refractivity contribution is -0.137. The van der Waals surface area contributed by atoms with E-state index in [1.165, 1.54) is 6.92 Å². The molecule has 4 N–H and O–H groups in total. The molecular weight excluding hydrogens is 435 g/mol. The highest BCUT2D eigenvalue weighted by Crippen LogP contribution is 2.35. The van der Waals surface area contributed by atoms with Crippen LogP contribution in [0.25, 0.3) is 0 Å². The van der Waals surface area contributed by atoms with Crippen molar-refractivity contribution in [2.75, 3.05) is 6.61 Å². The van der Waals surface area contributed by atoms with Crippen LogP contribution in [0.3, 0.4) is 0 Å². The summed E-state index contributed by atoms with van der Waals surface area (Å²) in [5, 5.41) is 18.1. The Hall–Kier alpha value is -2.62. The molecule has 0 radical (unpaired) electrons. The first kappa shape index (κ1) is 23.1. The van der Waals surface area contributed by atoms with E-state index in [0.29, 0.717) is 0 Å². The fraction of sp³-hybridized carbons (Fsp3) is 0.333. The number of aliphatic hydroxyl groups excluding tert-OH is 1. The Morgan fingerprint density at radius 1 is 1.23 bits per heavy atom. The summed E-state index contributed by atoms with van der Waals surface area (Å²) >= 11 is 6.05. The van der Waals surface area contributed by atoms with Crippen LogP contribution in [0.15, 0.2) is 48.5 Å². The molecule has 31 heavy (non-hydrogen) atoms. The zero-order chi connectivity index (χ0) is 22.8. The van der Waals surface area contributed by atoms with Crippen LogP contribution in [0.5, 0.6) is 0 Å². The summed E-state index contributed by atoms with van der Waals surface area (Å²) in [6.45, 7) is 0.821.